The number of rotatable bonds is 6. The molecule has 4 rings (SSSR count). The number of allylic oxidation sites excluding steroid dienone is 1. The molecule has 1 saturated heterocycles. The van der Waals surface area contributed by atoms with Crippen molar-refractivity contribution in [3.05, 3.63) is 28.4 Å². The number of aromatic nitrogens is 2. The van der Waals surface area contributed by atoms with Gasteiger partial charge in [-0.3, -0.25) is 4.79 Å². The number of nitrogens with zero attached hydrogens (tertiary/aromatic N) is 2. The van der Waals surface area contributed by atoms with Crippen LogP contribution >= 0.6 is 11.3 Å². The molecule has 2 aromatic heterocycles. The van der Waals surface area contributed by atoms with E-state index in [9.17, 15) is 4.79 Å². The van der Waals surface area contributed by atoms with Gasteiger partial charge >= 0.3 is 0 Å². The van der Waals surface area contributed by atoms with Gasteiger partial charge in [0.2, 0.25) is 0 Å². The highest BCUT2D eigenvalue weighted by Crippen LogP contribution is 2.33. The standard InChI is InChI=1S/C20H26N4O2S/c1-13-16-18(21-9-7-14-5-3-2-4-6-14)22-12-23-20(16)27-17(13)19(25)24-15-8-10-26-11-15/h5,12,15H,2-4,6-11H2,1H3,(H,24,25)(H,21,22,23). The molecule has 1 amide bonds. The Labute approximate surface area is 163 Å². The third-order valence-electron chi connectivity index (χ3n) is 5.32. The molecular formula is C20H26N4O2S. The molecule has 1 unspecified atom stereocenters. The minimum Gasteiger partial charge on any atom is -0.379 e. The van der Waals surface area contributed by atoms with Crippen molar-refractivity contribution in [2.24, 2.45) is 0 Å². The van der Waals surface area contributed by atoms with E-state index >= 15 is 0 Å². The Balaban J connectivity index is 1.49. The van der Waals surface area contributed by atoms with E-state index in [1.165, 1.54) is 37.0 Å². The average Bonchev–Trinajstić information content (AvgIpc) is 3.31. The molecule has 0 bridgehead atoms. The molecular weight excluding hydrogens is 360 g/mol. The number of fused-ring (bicyclic) bond motifs is 1. The molecule has 2 aromatic rings. The maximum Gasteiger partial charge on any atom is 0.262 e. The lowest BCUT2D eigenvalue weighted by Gasteiger charge is -2.13. The smallest absolute Gasteiger partial charge is 0.262 e. The van der Waals surface area contributed by atoms with Crippen molar-refractivity contribution in [3.63, 3.8) is 0 Å². The number of aryl methyl sites for hydroxylation is 1. The molecule has 3 heterocycles. The van der Waals surface area contributed by atoms with Crippen molar-refractivity contribution in [2.45, 2.75) is 51.5 Å². The molecule has 0 aromatic carbocycles. The highest BCUT2D eigenvalue weighted by atomic mass is 32.1. The number of hydrogen-bond donors (Lipinski definition) is 2. The fourth-order valence-corrected chi connectivity index (χ4v) is 4.85. The Morgan fingerprint density at radius 1 is 1.37 bits per heavy atom. The van der Waals surface area contributed by atoms with Crippen LogP contribution in [0, 0.1) is 6.92 Å². The van der Waals surface area contributed by atoms with Gasteiger partial charge in [-0.2, -0.15) is 0 Å². The van der Waals surface area contributed by atoms with Gasteiger partial charge in [0.15, 0.2) is 0 Å². The van der Waals surface area contributed by atoms with Crippen LogP contribution in [-0.4, -0.2) is 41.7 Å². The average molecular weight is 387 g/mol. The lowest BCUT2D eigenvalue weighted by atomic mass is 9.97. The van der Waals surface area contributed by atoms with Crippen molar-refractivity contribution in [3.8, 4) is 0 Å². The number of thiophene rings is 1. The number of carbonyl (C=O) groups excluding carboxylic acids is 1. The van der Waals surface area contributed by atoms with Crippen LogP contribution < -0.4 is 10.6 Å². The molecule has 6 nitrogen and oxygen atoms in total. The second-order valence-electron chi connectivity index (χ2n) is 7.28. The first kappa shape index (κ1) is 18.4. The summed E-state index contributed by atoms with van der Waals surface area (Å²) in [6.07, 6.45) is 10.9. The van der Waals surface area contributed by atoms with Gasteiger partial charge in [0.05, 0.1) is 22.9 Å². The van der Waals surface area contributed by atoms with Gasteiger partial charge in [0.25, 0.3) is 5.91 Å². The van der Waals surface area contributed by atoms with E-state index in [0.29, 0.717) is 13.2 Å². The summed E-state index contributed by atoms with van der Waals surface area (Å²) in [6, 6.07) is 0.106. The molecule has 2 aliphatic rings. The van der Waals surface area contributed by atoms with Crippen molar-refractivity contribution < 1.29 is 9.53 Å². The van der Waals surface area contributed by atoms with Gasteiger partial charge in [-0.1, -0.05) is 11.6 Å². The number of amides is 1. The predicted octanol–water partition coefficient (Wildman–Crippen LogP) is 3.82. The largest absolute Gasteiger partial charge is 0.379 e. The van der Waals surface area contributed by atoms with E-state index in [4.69, 9.17) is 4.74 Å². The molecule has 2 N–H and O–H groups in total. The highest BCUT2D eigenvalue weighted by Gasteiger charge is 2.23. The number of carbonyl (C=O) groups is 1. The molecule has 1 atom stereocenters. The summed E-state index contributed by atoms with van der Waals surface area (Å²) in [5, 5.41) is 7.50. The van der Waals surface area contributed by atoms with E-state index in [1.54, 1.807) is 11.9 Å². The first-order valence-corrected chi connectivity index (χ1v) is 10.6. The molecule has 0 spiro atoms. The van der Waals surface area contributed by atoms with E-state index in [-0.39, 0.29) is 11.9 Å². The van der Waals surface area contributed by atoms with Crippen LogP contribution in [0.25, 0.3) is 10.2 Å². The molecule has 144 valence electrons. The van der Waals surface area contributed by atoms with Gasteiger partial charge in [-0.25, -0.2) is 9.97 Å². The summed E-state index contributed by atoms with van der Waals surface area (Å²) in [6.45, 7) is 4.15. The van der Waals surface area contributed by atoms with Crippen LogP contribution in [0.1, 0.15) is 53.8 Å². The molecule has 1 fully saturated rings. The maximum absolute atomic E-state index is 12.7. The van der Waals surface area contributed by atoms with Gasteiger partial charge in [-0.05, 0) is 51.0 Å². The normalized spacial score (nSPS) is 19.9. The fourth-order valence-electron chi connectivity index (χ4n) is 3.79. The summed E-state index contributed by atoms with van der Waals surface area (Å²) in [5.74, 6) is 0.790. The SMILES string of the molecule is Cc1c(C(=O)NC2CCOC2)sc2ncnc(NCCC3=CCCCC3)c12. The Kier molecular flexibility index (Phi) is 5.69. The zero-order valence-electron chi connectivity index (χ0n) is 15.7. The van der Waals surface area contributed by atoms with Gasteiger partial charge in [-0.15, -0.1) is 11.3 Å². The topological polar surface area (TPSA) is 76.1 Å². The van der Waals surface area contributed by atoms with Gasteiger partial charge in [0, 0.05) is 13.2 Å². The van der Waals surface area contributed by atoms with Crippen LogP contribution in [-0.2, 0) is 4.74 Å². The first-order chi connectivity index (χ1) is 13.2. The van der Waals surface area contributed by atoms with Crippen molar-refractivity contribution >= 4 is 33.3 Å². The maximum atomic E-state index is 12.7. The van der Waals surface area contributed by atoms with Gasteiger partial charge in [0.1, 0.15) is 17.0 Å². The molecule has 27 heavy (non-hydrogen) atoms. The van der Waals surface area contributed by atoms with Crippen molar-refractivity contribution in [1.82, 2.24) is 15.3 Å². The quantitative estimate of drug-likeness (QED) is 0.738. The third-order valence-corrected chi connectivity index (χ3v) is 6.52. The van der Waals surface area contributed by atoms with Crippen molar-refractivity contribution in [2.75, 3.05) is 25.1 Å². The molecule has 1 aliphatic carbocycles. The first-order valence-electron chi connectivity index (χ1n) is 9.77. The van der Waals surface area contributed by atoms with Gasteiger partial charge < -0.3 is 15.4 Å². The Morgan fingerprint density at radius 3 is 3.07 bits per heavy atom. The number of anilines is 1. The van der Waals surface area contributed by atoms with Crippen LogP contribution in [0.2, 0.25) is 0 Å². The molecule has 0 saturated carbocycles. The second kappa shape index (κ2) is 8.35. The van der Waals surface area contributed by atoms with Crippen LogP contribution in [0.3, 0.4) is 0 Å². The molecule has 7 heteroatoms. The lowest BCUT2D eigenvalue weighted by molar-refractivity contribution is 0.0933. The number of nitrogens with one attached hydrogen (secondary N) is 2. The Bertz CT molecular complexity index is 855. The van der Waals surface area contributed by atoms with Crippen LogP contribution in [0.5, 0.6) is 0 Å². The minimum atomic E-state index is -0.0377. The summed E-state index contributed by atoms with van der Waals surface area (Å²) < 4.78 is 5.35. The fraction of sp³-hybridized carbons (Fsp3) is 0.550. The summed E-state index contributed by atoms with van der Waals surface area (Å²) in [7, 11) is 0. The molecule has 1 aliphatic heterocycles. The van der Waals surface area contributed by atoms with Crippen molar-refractivity contribution in [1.29, 1.82) is 0 Å². The van der Waals surface area contributed by atoms with Crippen LogP contribution in [0.4, 0.5) is 5.82 Å². The van der Waals surface area contributed by atoms with E-state index < -0.39 is 0 Å². The second-order valence-corrected chi connectivity index (χ2v) is 8.28. The Hall–Kier alpha value is -1.99. The van der Waals surface area contributed by atoms with Crippen LogP contribution in [0.15, 0.2) is 18.0 Å². The summed E-state index contributed by atoms with van der Waals surface area (Å²) in [5.41, 5.74) is 2.49. The molecule has 0 radical (unpaired) electrons. The van der Waals surface area contributed by atoms with E-state index in [1.807, 2.05) is 6.92 Å². The highest BCUT2D eigenvalue weighted by molar-refractivity contribution is 7.20. The Morgan fingerprint density at radius 2 is 2.30 bits per heavy atom. The zero-order chi connectivity index (χ0) is 18.6. The van der Waals surface area contributed by atoms with E-state index in [0.717, 1.165) is 45.9 Å². The third kappa shape index (κ3) is 4.14. The number of ether oxygens (including phenoxy) is 1. The predicted molar refractivity (Wildman–Crippen MR) is 108 cm³/mol. The zero-order valence-corrected chi connectivity index (χ0v) is 16.5. The summed E-state index contributed by atoms with van der Waals surface area (Å²) in [4.78, 5) is 23.1. The lowest BCUT2D eigenvalue weighted by Crippen LogP contribution is -2.34. The monoisotopic (exact) mass is 386 g/mol. The minimum absolute atomic E-state index is 0.0377. The number of hydrogen-bond acceptors (Lipinski definition) is 6. The van der Waals surface area contributed by atoms with E-state index in [2.05, 4.69) is 26.7 Å². The summed E-state index contributed by atoms with van der Waals surface area (Å²) >= 11 is 1.44.